The average molecular weight is 594 g/mol. The van der Waals surface area contributed by atoms with Gasteiger partial charge in [0.25, 0.3) is 0 Å². The highest BCUT2D eigenvalue weighted by Gasteiger charge is 2.50. The maximum absolute atomic E-state index is 13.2. The van der Waals surface area contributed by atoms with Crippen molar-refractivity contribution >= 4 is 31.5 Å². The number of carbonyl (C=O) groups is 4. The molecule has 0 radical (unpaired) electrons. The van der Waals surface area contributed by atoms with Crippen molar-refractivity contribution in [2.45, 2.75) is 83.2 Å². The largest absolute Gasteiger partial charge is 0.524 e. The van der Waals surface area contributed by atoms with Gasteiger partial charge in [0.2, 0.25) is 17.7 Å². The first-order valence-electron chi connectivity index (χ1n) is 14.2. The lowest BCUT2D eigenvalue weighted by molar-refractivity contribution is -0.138. The van der Waals surface area contributed by atoms with Crippen molar-refractivity contribution in [3.8, 4) is 5.75 Å². The molecule has 4 fully saturated rings. The number of aliphatic carboxylic acids is 1. The highest BCUT2D eigenvalue weighted by molar-refractivity contribution is 7.46. The number of phosphoric acid groups is 1. The fourth-order valence-corrected chi connectivity index (χ4v) is 7.89. The molecule has 0 aliphatic heterocycles. The molecule has 5 rings (SSSR count). The molecule has 6 N–H and O–H groups in total. The predicted molar refractivity (Wildman–Crippen MR) is 147 cm³/mol. The standard InChI is InChI=1S/C28H40N3O9P/c1-17(32)30-24(13-18-2-4-22(5-3-18)40-41(37,38)39)27(36)31-23(6-7-25(33)34)26(35)29-9-8-28-14-19-10-20(15-28)12-21(11-19)16-28/h2-5,19-21,23-24H,6-16H2,1H3,(H,29,35)(H,30,32)(H,31,36)(H,33,34)(H2,37,38,39). The molecule has 12 nitrogen and oxygen atoms in total. The molecule has 4 saturated carbocycles. The van der Waals surface area contributed by atoms with Gasteiger partial charge >= 0.3 is 13.8 Å². The molecule has 2 atom stereocenters. The number of carboxylic acids is 1. The predicted octanol–water partition coefficient (Wildman–Crippen LogP) is 2.28. The SMILES string of the molecule is CC(=O)NC(Cc1ccc(OP(=O)(O)O)cc1)C(=O)NC(CCC(=O)O)C(=O)NCCC12CC3CC(CC(C3)C1)C2. The van der Waals surface area contributed by atoms with Crippen LogP contribution in [0.5, 0.6) is 5.75 Å². The summed E-state index contributed by atoms with van der Waals surface area (Å²) in [6.07, 6.45) is 8.07. The number of benzene rings is 1. The summed E-state index contributed by atoms with van der Waals surface area (Å²) in [5.74, 6) is -0.371. The molecular weight excluding hydrogens is 553 g/mol. The Morgan fingerprint density at radius 3 is 2.05 bits per heavy atom. The minimum atomic E-state index is -4.73. The Hall–Kier alpha value is -2.95. The van der Waals surface area contributed by atoms with E-state index in [4.69, 9.17) is 9.79 Å². The summed E-state index contributed by atoms with van der Waals surface area (Å²) in [5.41, 5.74) is 0.823. The monoisotopic (exact) mass is 593 g/mol. The average Bonchev–Trinajstić information content (AvgIpc) is 2.85. The number of hydrogen-bond acceptors (Lipinski definition) is 6. The molecule has 13 heteroatoms. The van der Waals surface area contributed by atoms with E-state index >= 15 is 0 Å². The maximum Gasteiger partial charge on any atom is 0.524 e. The normalized spacial score (nSPS) is 26.1. The second-order valence-corrected chi connectivity index (χ2v) is 13.3. The Bertz CT molecular complexity index is 1150. The van der Waals surface area contributed by atoms with Crippen LogP contribution in [0.1, 0.15) is 70.3 Å². The number of carbonyl (C=O) groups excluding carboxylic acids is 3. The molecule has 2 unspecified atom stereocenters. The van der Waals surface area contributed by atoms with Gasteiger partial charge in [0.05, 0.1) is 0 Å². The third-order valence-corrected chi connectivity index (χ3v) is 9.13. The van der Waals surface area contributed by atoms with E-state index in [9.17, 15) is 28.8 Å². The van der Waals surface area contributed by atoms with Gasteiger partial charge in [-0.3, -0.25) is 29.0 Å². The lowest BCUT2D eigenvalue weighted by Gasteiger charge is -2.57. The van der Waals surface area contributed by atoms with E-state index in [1.807, 2.05) is 0 Å². The molecule has 1 aromatic rings. The van der Waals surface area contributed by atoms with Crippen LogP contribution >= 0.6 is 7.82 Å². The van der Waals surface area contributed by atoms with Crippen molar-refractivity contribution in [2.24, 2.45) is 23.2 Å². The van der Waals surface area contributed by atoms with Crippen LogP contribution in [0.15, 0.2) is 24.3 Å². The Kier molecular flexibility index (Phi) is 9.77. The maximum atomic E-state index is 13.2. The van der Waals surface area contributed by atoms with Crippen molar-refractivity contribution in [1.29, 1.82) is 0 Å². The molecular formula is C28H40N3O9P. The van der Waals surface area contributed by atoms with Gasteiger partial charge in [-0.25, -0.2) is 4.57 Å². The number of rotatable bonds is 14. The van der Waals surface area contributed by atoms with Gasteiger partial charge in [-0.1, -0.05) is 12.1 Å². The Morgan fingerprint density at radius 1 is 0.951 bits per heavy atom. The van der Waals surface area contributed by atoms with E-state index < -0.39 is 43.6 Å². The smallest absolute Gasteiger partial charge is 0.481 e. The zero-order chi connectivity index (χ0) is 29.8. The third-order valence-electron chi connectivity index (χ3n) is 8.68. The van der Waals surface area contributed by atoms with Crippen LogP contribution in [0.3, 0.4) is 0 Å². The first-order valence-corrected chi connectivity index (χ1v) is 15.7. The van der Waals surface area contributed by atoms with Crippen LogP contribution in [0.4, 0.5) is 0 Å². The minimum Gasteiger partial charge on any atom is -0.481 e. The van der Waals surface area contributed by atoms with Gasteiger partial charge in [0.1, 0.15) is 17.8 Å². The van der Waals surface area contributed by atoms with E-state index in [0.717, 1.165) is 24.2 Å². The van der Waals surface area contributed by atoms with Crippen molar-refractivity contribution in [3.63, 3.8) is 0 Å². The number of nitrogens with one attached hydrogen (secondary N) is 3. The summed E-state index contributed by atoms with van der Waals surface area (Å²) < 4.78 is 15.6. The molecule has 3 amide bonds. The second kappa shape index (κ2) is 12.9. The second-order valence-electron chi connectivity index (χ2n) is 12.1. The van der Waals surface area contributed by atoms with Crippen molar-refractivity contribution in [3.05, 3.63) is 29.8 Å². The number of carboxylic acid groups (broad SMARTS) is 1. The Morgan fingerprint density at radius 2 is 1.54 bits per heavy atom. The molecule has 4 aliphatic rings. The van der Waals surface area contributed by atoms with E-state index in [-0.39, 0.29) is 30.4 Å². The van der Waals surface area contributed by atoms with E-state index in [1.54, 1.807) is 0 Å². The summed E-state index contributed by atoms with van der Waals surface area (Å²) in [7, 11) is -4.73. The first-order chi connectivity index (χ1) is 19.3. The summed E-state index contributed by atoms with van der Waals surface area (Å²) in [6, 6.07) is 3.46. The number of amides is 3. The molecule has 0 heterocycles. The highest BCUT2D eigenvalue weighted by atomic mass is 31.2. The fraction of sp³-hybridized carbons (Fsp3) is 0.643. The van der Waals surface area contributed by atoms with Crippen molar-refractivity contribution in [2.75, 3.05) is 6.54 Å². The molecule has 4 aliphatic carbocycles. The van der Waals surface area contributed by atoms with Gasteiger partial charge in [0, 0.05) is 26.3 Å². The van der Waals surface area contributed by atoms with Crippen molar-refractivity contribution in [1.82, 2.24) is 16.0 Å². The van der Waals surface area contributed by atoms with Gasteiger partial charge in [-0.05, 0) is 92.2 Å². The van der Waals surface area contributed by atoms with Crippen LogP contribution in [0.25, 0.3) is 0 Å². The van der Waals surface area contributed by atoms with E-state index in [0.29, 0.717) is 12.1 Å². The van der Waals surface area contributed by atoms with E-state index in [1.165, 1.54) is 69.7 Å². The molecule has 0 spiro atoms. The van der Waals surface area contributed by atoms with Crippen LogP contribution in [-0.2, 0) is 30.2 Å². The van der Waals surface area contributed by atoms with Gasteiger partial charge in [-0.2, -0.15) is 0 Å². The molecule has 0 aromatic heterocycles. The Labute approximate surface area is 239 Å². The molecule has 226 valence electrons. The molecule has 41 heavy (non-hydrogen) atoms. The van der Waals surface area contributed by atoms with Crippen LogP contribution < -0.4 is 20.5 Å². The molecule has 4 bridgehead atoms. The summed E-state index contributed by atoms with van der Waals surface area (Å²) >= 11 is 0. The lowest BCUT2D eigenvalue weighted by atomic mass is 9.49. The minimum absolute atomic E-state index is 0.0148. The molecule has 0 saturated heterocycles. The topological polar surface area (TPSA) is 191 Å². The number of phosphoric ester groups is 1. The van der Waals surface area contributed by atoms with Gasteiger partial charge in [-0.15, -0.1) is 0 Å². The first kappa shape index (κ1) is 31.0. The Balaban J connectivity index is 1.36. The van der Waals surface area contributed by atoms with Crippen LogP contribution in [-0.4, -0.2) is 57.2 Å². The van der Waals surface area contributed by atoms with Gasteiger partial charge < -0.3 is 25.6 Å². The fourth-order valence-electron chi connectivity index (χ4n) is 7.49. The number of hydrogen-bond donors (Lipinski definition) is 6. The summed E-state index contributed by atoms with van der Waals surface area (Å²) in [6.45, 7) is 1.71. The quantitative estimate of drug-likeness (QED) is 0.176. The lowest BCUT2D eigenvalue weighted by Crippen LogP contribution is -2.54. The van der Waals surface area contributed by atoms with Crippen LogP contribution in [0.2, 0.25) is 0 Å². The summed E-state index contributed by atoms with van der Waals surface area (Å²) in [4.78, 5) is 67.4. The van der Waals surface area contributed by atoms with Crippen LogP contribution in [0, 0.1) is 23.2 Å². The molecule has 1 aromatic carbocycles. The van der Waals surface area contributed by atoms with Crippen molar-refractivity contribution < 1.29 is 43.2 Å². The zero-order valence-corrected chi connectivity index (χ0v) is 24.1. The van der Waals surface area contributed by atoms with E-state index in [2.05, 4.69) is 20.5 Å². The van der Waals surface area contributed by atoms with Gasteiger partial charge in [0.15, 0.2) is 0 Å². The third kappa shape index (κ3) is 9.02. The highest BCUT2D eigenvalue weighted by Crippen LogP contribution is 2.61. The summed E-state index contributed by atoms with van der Waals surface area (Å²) in [5, 5.41) is 17.3. The zero-order valence-electron chi connectivity index (χ0n) is 23.2.